The van der Waals surface area contributed by atoms with Crippen LogP contribution in [-0.4, -0.2) is 39.7 Å². The maximum Gasteiger partial charge on any atom is 0.239 e. The van der Waals surface area contributed by atoms with Crippen LogP contribution >= 0.6 is 23.2 Å². The Morgan fingerprint density at radius 3 is 2.90 bits per heavy atom. The molecule has 0 radical (unpaired) electrons. The Morgan fingerprint density at radius 1 is 1.17 bits per heavy atom. The molecule has 1 saturated heterocycles. The van der Waals surface area contributed by atoms with Gasteiger partial charge in [-0.1, -0.05) is 29.6 Å². The van der Waals surface area contributed by atoms with E-state index in [9.17, 15) is 9.59 Å². The van der Waals surface area contributed by atoms with E-state index in [1.165, 1.54) is 11.3 Å². The summed E-state index contributed by atoms with van der Waals surface area (Å²) >= 11 is 12.2. The Morgan fingerprint density at radius 2 is 2.03 bits per heavy atom. The van der Waals surface area contributed by atoms with Gasteiger partial charge in [0.2, 0.25) is 11.8 Å². The highest BCUT2D eigenvalue weighted by Gasteiger charge is 2.38. The number of anilines is 1. The quantitative estimate of drug-likeness (QED) is 0.731. The number of aromatic nitrogens is 3. The number of hydrogen-bond acceptors (Lipinski definition) is 4. The fourth-order valence-corrected chi connectivity index (χ4v) is 4.39. The van der Waals surface area contributed by atoms with Gasteiger partial charge in [-0.25, -0.2) is 0 Å². The molecule has 3 heterocycles. The Bertz CT molecular complexity index is 930. The molecule has 2 aliphatic rings. The van der Waals surface area contributed by atoms with Crippen molar-refractivity contribution in [1.82, 2.24) is 20.1 Å². The van der Waals surface area contributed by atoms with E-state index in [1.54, 1.807) is 18.2 Å². The van der Waals surface area contributed by atoms with Gasteiger partial charge in [-0.15, -0.1) is 10.2 Å². The number of halogens is 2. The number of amides is 2. The van der Waals surface area contributed by atoms with Crippen LogP contribution in [0.4, 0.5) is 5.69 Å². The summed E-state index contributed by atoms with van der Waals surface area (Å²) in [6, 6.07) is 4.98. The third kappa shape index (κ3) is 4.26. The van der Waals surface area contributed by atoms with Crippen molar-refractivity contribution in [3.63, 3.8) is 0 Å². The van der Waals surface area contributed by atoms with E-state index in [-0.39, 0.29) is 11.8 Å². The number of nitrogens with zero attached hydrogens (tertiary/aromatic N) is 4. The zero-order chi connectivity index (χ0) is 20.4. The predicted octanol–water partition coefficient (Wildman–Crippen LogP) is 3.02. The Balaban J connectivity index is 1.34. The largest absolute Gasteiger partial charge is 0.355 e. The summed E-state index contributed by atoms with van der Waals surface area (Å²) in [4.78, 5) is 26.9. The van der Waals surface area contributed by atoms with E-state index in [4.69, 9.17) is 23.2 Å². The summed E-state index contributed by atoms with van der Waals surface area (Å²) < 4.78 is 2.17. The van der Waals surface area contributed by atoms with E-state index < -0.39 is 5.92 Å². The molecule has 9 heteroatoms. The van der Waals surface area contributed by atoms with Gasteiger partial charge in [0.15, 0.2) is 0 Å². The van der Waals surface area contributed by atoms with Crippen LogP contribution < -0.4 is 10.2 Å². The van der Waals surface area contributed by atoms with Crippen LogP contribution in [0.1, 0.15) is 37.3 Å². The minimum absolute atomic E-state index is 0.247. The fourth-order valence-electron chi connectivity index (χ4n) is 4.01. The first-order chi connectivity index (χ1) is 14.0. The minimum Gasteiger partial charge on any atom is -0.355 e. The van der Waals surface area contributed by atoms with Crippen LogP contribution in [0.3, 0.4) is 0 Å². The fraction of sp³-hybridized carbons (Fsp3) is 0.500. The summed E-state index contributed by atoms with van der Waals surface area (Å²) in [7, 11) is 0. The van der Waals surface area contributed by atoms with E-state index in [1.807, 2.05) is 0 Å². The lowest BCUT2D eigenvalue weighted by atomic mass is 10.1. The van der Waals surface area contributed by atoms with Crippen LogP contribution in [0.5, 0.6) is 0 Å². The van der Waals surface area contributed by atoms with Gasteiger partial charge in [0.05, 0.1) is 10.7 Å². The molecule has 154 valence electrons. The summed E-state index contributed by atoms with van der Waals surface area (Å²) in [5.41, 5.74) is 0.547. The zero-order valence-electron chi connectivity index (χ0n) is 16.0. The maximum atomic E-state index is 12.8. The van der Waals surface area contributed by atoms with Crippen molar-refractivity contribution in [2.45, 2.75) is 45.1 Å². The van der Waals surface area contributed by atoms with E-state index in [0.717, 1.165) is 37.5 Å². The van der Waals surface area contributed by atoms with Gasteiger partial charge in [0, 0.05) is 37.5 Å². The van der Waals surface area contributed by atoms with Crippen molar-refractivity contribution in [3.05, 3.63) is 39.9 Å². The first kappa shape index (κ1) is 20.2. The third-order valence-corrected chi connectivity index (χ3v) is 6.11. The first-order valence-electron chi connectivity index (χ1n) is 9.99. The van der Waals surface area contributed by atoms with Gasteiger partial charge in [0.25, 0.3) is 0 Å². The molecule has 1 fully saturated rings. The molecule has 1 unspecified atom stereocenters. The lowest BCUT2D eigenvalue weighted by Gasteiger charge is -2.18. The Labute approximate surface area is 179 Å². The smallest absolute Gasteiger partial charge is 0.239 e. The Hall–Kier alpha value is -2.12. The van der Waals surface area contributed by atoms with Crippen molar-refractivity contribution in [2.24, 2.45) is 5.92 Å². The van der Waals surface area contributed by atoms with Crippen molar-refractivity contribution >= 4 is 40.7 Å². The standard InChI is InChI=1S/C20H23Cl2N5O2/c21-13-5-6-15(22)16(12-13)26-11-8-14(20(26)29)19(28)23-9-7-18-25-24-17-4-2-1-3-10-27(17)18/h5-6,12,14H,1-4,7-11H2,(H,23,28). The number of rotatable bonds is 5. The van der Waals surface area contributed by atoms with Crippen LogP contribution in [-0.2, 0) is 29.0 Å². The van der Waals surface area contributed by atoms with Crippen molar-refractivity contribution < 1.29 is 9.59 Å². The van der Waals surface area contributed by atoms with Crippen LogP contribution in [0, 0.1) is 5.92 Å². The normalized spacial score (nSPS) is 19.2. The lowest BCUT2D eigenvalue weighted by Crippen LogP contribution is -2.38. The van der Waals surface area contributed by atoms with E-state index >= 15 is 0 Å². The molecule has 1 aromatic carbocycles. The molecule has 0 spiro atoms. The third-order valence-electron chi connectivity index (χ3n) is 5.55. The van der Waals surface area contributed by atoms with E-state index in [2.05, 4.69) is 20.1 Å². The van der Waals surface area contributed by atoms with Crippen LogP contribution in [0.15, 0.2) is 18.2 Å². The summed E-state index contributed by atoms with van der Waals surface area (Å²) in [5.74, 6) is 0.714. The van der Waals surface area contributed by atoms with Crippen molar-refractivity contribution in [2.75, 3.05) is 18.0 Å². The summed E-state index contributed by atoms with van der Waals surface area (Å²) in [5, 5.41) is 12.4. The number of aryl methyl sites for hydroxylation is 1. The van der Waals surface area contributed by atoms with Gasteiger partial charge in [-0.3, -0.25) is 9.59 Å². The highest BCUT2D eigenvalue weighted by molar-refractivity contribution is 6.36. The molecule has 1 aromatic heterocycles. The average Bonchev–Trinajstić information content (AvgIpc) is 3.18. The number of carbonyl (C=O) groups is 2. The molecule has 1 atom stereocenters. The second-order valence-corrected chi connectivity index (χ2v) is 8.31. The topological polar surface area (TPSA) is 80.1 Å². The molecular weight excluding hydrogens is 413 g/mol. The van der Waals surface area contributed by atoms with Gasteiger partial charge in [-0.05, 0) is 37.5 Å². The van der Waals surface area contributed by atoms with E-state index in [0.29, 0.717) is 41.7 Å². The number of nitrogens with one attached hydrogen (secondary N) is 1. The molecule has 2 amide bonds. The van der Waals surface area contributed by atoms with Gasteiger partial charge in [-0.2, -0.15) is 0 Å². The summed E-state index contributed by atoms with van der Waals surface area (Å²) in [6.07, 6.45) is 5.49. The first-order valence-corrected chi connectivity index (χ1v) is 10.8. The zero-order valence-corrected chi connectivity index (χ0v) is 17.5. The molecule has 2 aliphatic heterocycles. The van der Waals surface area contributed by atoms with Gasteiger partial charge in [0.1, 0.15) is 17.6 Å². The molecule has 0 aliphatic carbocycles. The number of carbonyl (C=O) groups excluding carboxylic acids is 2. The molecule has 0 saturated carbocycles. The molecule has 0 bridgehead atoms. The molecule has 4 rings (SSSR count). The average molecular weight is 436 g/mol. The Kier molecular flexibility index (Phi) is 6.06. The monoisotopic (exact) mass is 435 g/mol. The van der Waals surface area contributed by atoms with Gasteiger partial charge >= 0.3 is 0 Å². The second kappa shape index (κ2) is 8.71. The molecule has 1 N–H and O–H groups in total. The van der Waals surface area contributed by atoms with Crippen molar-refractivity contribution in [1.29, 1.82) is 0 Å². The molecular formula is C20H23Cl2N5O2. The predicted molar refractivity (Wildman–Crippen MR) is 111 cm³/mol. The molecule has 2 aromatic rings. The highest BCUT2D eigenvalue weighted by atomic mass is 35.5. The molecule has 29 heavy (non-hydrogen) atoms. The summed E-state index contributed by atoms with van der Waals surface area (Å²) in [6.45, 7) is 1.80. The number of fused-ring (bicyclic) bond motifs is 1. The van der Waals surface area contributed by atoms with Gasteiger partial charge < -0.3 is 14.8 Å². The second-order valence-electron chi connectivity index (χ2n) is 7.46. The highest BCUT2D eigenvalue weighted by Crippen LogP contribution is 2.33. The minimum atomic E-state index is -0.708. The number of benzene rings is 1. The SMILES string of the molecule is O=C(NCCc1nnc2n1CCCCC2)C1CCN(c2cc(Cl)ccc2Cl)C1=O. The maximum absolute atomic E-state index is 12.8. The number of hydrogen-bond donors (Lipinski definition) is 1. The van der Waals surface area contributed by atoms with Crippen LogP contribution in [0.25, 0.3) is 0 Å². The molecule has 7 nitrogen and oxygen atoms in total. The van der Waals surface area contributed by atoms with Crippen LogP contribution in [0.2, 0.25) is 10.0 Å². The van der Waals surface area contributed by atoms with Crippen molar-refractivity contribution in [3.8, 4) is 0 Å². The lowest BCUT2D eigenvalue weighted by molar-refractivity contribution is -0.132.